The van der Waals surface area contributed by atoms with Crippen molar-refractivity contribution >= 4 is 11.6 Å². The van der Waals surface area contributed by atoms with Crippen LogP contribution in [0.25, 0.3) is 5.69 Å². The molecule has 5 heteroatoms. The average molecular weight is 314 g/mol. The standard InChI is InChI=1S/C18H26N4O/c1-5-6-12-21(4)13-17(23)19-18-14(2)20-22(15(18)3)16-10-8-7-9-11-16/h7-11H,5-6,12-13H2,1-4H3,(H,19,23). The second kappa shape index (κ2) is 7.92. The number of amides is 1. The molecule has 23 heavy (non-hydrogen) atoms. The van der Waals surface area contributed by atoms with Crippen LogP contribution in [0.3, 0.4) is 0 Å². The van der Waals surface area contributed by atoms with Gasteiger partial charge in [-0.1, -0.05) is 31.5 Å². The summed E-state index contributed by atoms with van der Waals surface area (Å²) >= 11 is 0. The van der Waals surface area contributed by atoms with Crippen molar-refractivity contribution < 1.29 is 4.79 Å². The molecule has 0 aliphatic heterocycles. The van der Waals surface area contributed by atoms with E-state index in [1.54, 1.807) is 0 Å². The molecule has 0 unspecified atom stereocenters. The van der Waals surface area contributed by atoms with Crippen LogP contribution in [0.2, 0.25) is 0 Å². The Labute approximate surface area is 138 Å². The normalized spacial score (nSPS) is 11.0. The van der Waals surface area contributed by atoms with Crippen LogP contribution < -0.4 is 5.32 Å². The van der Waals surface area contributed by atoms with Gasteiger partial charge in [0, 0.05) is 0 Å². The van der Waals surface area contributed by atoms with Crippen molar-refractivity contribution in [3.63, 3.8) is 0 Å². The number of aryl methyl sites for hydroxylation is 1. The number of para-hydroxylation sites is 1. The van der Waals surface area contributed by atoms with E-state index in [9.17, 15) is 4.79 Å². The number of rotatable bonds is 7. The van der Waals surface area contributed by atoms with Gasteiger partial charge in [-0.15, -0.1) is 0 Å². The lowest BCUT2D eigenvalue weighted by molar-refractivity contribution is -0.117. The third-order valence-corrected chi connectivity index (χ3v) is 3.86. The molecule has 0 spiro atoms. The number of anilines is 1. The number of unbranched alkanes of at least 4 members (excludes halogenated alkanes) is 1. The molecule has 2 aromatic rings. The van der Waals surface area contributed by atoms with E-state index in [2.05, 4.69) is 17.3 Å². The van der Waals surface area contributed by atoms with Crippen LogP contribution in [0.1, 0.15) is 31.2 Å². The molecule has 0 radical (unpaired) electrons. The zero-order valence-electron chi connectivity index (χ0n) is 14.5. The van der Waals surface area contributed by atoms with Gasteiger partial charge >= 0.3 is 0 Å². The van der Waals surface area contributed by atoms with E-state index in [1.807, 2.05) is 60.8 Å². The fourth-order valence-electron chi connectivity index (χ4n) is 2.58. The second-order valence-corrected chi connectivity index (χ2v) is 5.93. The Bertz CT molecular complexity index is 649. The lowest BCUT2D eigenvalue weighted by Gasteiger charge is -2.15. The Kier molecular flexibility index (Phi) is 5.93. The fourth-order valence-corrected chi connectivity index (χ4v) is 2.58. The molecular formula is C18H26N4O. The molecule has 1 heterocycles. The molecule has 0 atom stereocenters. The molecule has 0 fully saturated rings. The Morgan fingerprint density at radius 3 is 2.61 bits per heavy atom. The van der Waals surface area contributed by atoms with Crippen molar-refractivity contribution in [3.8, 4) is 5.69 Å². The number of aromatic nitrogens is 2. The number of nitrogens with one attached hydrogen (secondary N) is 1. The van der Waals surface area contributed by atoms with E-state index >= 15 is 0 Å². The highest BCUT2D eigenvalue weighted by Gasteiger charge is 2.15. The third kappa shape index (κ3) is 4.42. The van der Waals surface area contributed by atoms with E-state index < -0.39 is 0 Å². The van der Waals surface area contributed by atoms with Crippen molar-refractivity contribution in [1.29, 1.82) is 0 Å². The lowest BCUT2D eigenvalue weighted by Crippen LogP contribution is -2.31. The van der Waals surface area contributed by atoms with Gasteiger partial charge in [0.2, 0.25) is 5.91 Å². The molecule has 1 aromatic heterocycles. The number of hydrogen-bond donors (Lipinski definition) is 1. The van der Waals surface area contributed by atoms with Crippen molar-refractivity contribution in [2.24, 2.45) is 0 Å². The van der Waals surface area contributed by atoms with Crippen molar-refractivity contribution in [1.82, 2.24) is 14.7 Å². The van der Waals surface area contributed by atoms with Crippen LogP contribution in [-0.4, -0.2) is 40.7 Å². The van der Waals surface area contributed by atoms with Crippen molar-refractivity contribution in [2.45, 2.75) is 33.6 Å². The summed E-state index contributed by atoms with van der Waals surface area (Å²) in [4.78, 5) is 14.3. The van der Waals surface area contributed by atoms with Crippen molar-refractivity contribution in [3.05, 3.63) is 41.7 Å². The van der Waals surface area contributed by atoms with Crippen molar-refractivity contribution in [2.75, 3.05) is 25.5 Å². The first kappa shape index (κ1) is 17.2. The highest BCUT2D eigenvalue weighted by molar-refractivity contribution is 5.93. The molecule has 1 aromatic carbocycles. The molecule has 0 bridgehead atoms. The summed E-state index contributed by atoms with van der Waals surface area (Å²) in [7, 11) is 1.97. The number of likely N-dealkylation sites (N-methyl/N-ethyl adjacent to an activating group) is 1. The Morgan fingerprint density at radius 1 is 1.26 bits per heavy atom. The number of nitrogens with zero attached hydrogens (tertiary/aromatic N) is 3. The molecule has 0 aliphatic carbocycles. The van der Waals surface area contributed by atoms with Crippen LogP contribution in [-0.2, 0) is 4.79 Å². The summed E-state index contributed by atoms with van der Waals surface area (Å²) in [6.45, 7) is 7.38. The summed E-state index contributed by atoms with van der Waals surface area (Å²) < 4.78 is 1.87. The number of carbonyl (C=O) groups is 1. The van der Waals surface area contributed by atoms with Gasteiger partial charge < -0.3 is 5.32 Å². The minimum Gasteiger partial charge on any atom is -0.322 e. The zero-order chi connectivity index (χ0) is 16.8. The van der Waals surface area contributed by atoms with Crippen LogP contribution in [0, 0.1) is 13.8 Å². The van der Waals surface area contributed by atoms with Crippen LogP contribution in [0.4, 0.5) is 5.69 Å². The molecule has 0 aliphatic rings. The first-order chi connectivity index (χ1) is 11.0. The SMILES string of the molecule is CCCCN(C)CC(=O)Nc1c(C)nn(-c2ccccc2)c1C. The highest BCUT2D eigenvalue weighted by atomic mass is 16.2. The van der Waals surface area contributed by atoms with Gasteiger partial charge in [-0.05, 0) is 46.0 Å². The number of benzene rings is 1. The van der Waals surface area contributed by atoms with E-state index in [-0.39, 0.29) is 5.91 Å². The quantitative estimate of drug-likeness (QED) is 0.854. The average Bonchev–Trinajstić information content (AvgIpc) is 2.82. The van der Waals surface area contributed by atoms with Gasteiger partial charge in [-0.2, -0.15) is 5.10 Å². The summed E-state index contributed by atoms with van der Waals surface area (Å²) in [5, 5.41) is 7.56. The summed E-state index contributed by atoms with van der Waals surface area (Å²) in [5.41, 5.74) is 3.57. The Morgan fingerprint density at radius 2 is 1.96 bits per heavy atom. The highest BCUT2D eigenvalue weighted by Crippen LogP contribution is 2.22. The Hall–Kier alpha value is -2.14. The minimum absolute atomic E-state index is 0.00224. The maximum Gasteiger partial charge on any atom is 0.238 e. The largest absolute Gasteiger partial charge is 0.322 e. The third-order valence-electron chi connectivity index (χ3n) is 3.86. The van der Waals surface area contributed by atoms with Gasteiger partial charge in [-0.3, -0.25) is 9.69 Å². The maximum absolute atomic E-state index is 12.2. The topological polar surface area (TPSA) is 50.2 Å². The van der Waals surface area contributed by atoms with Crippen LogP contribution in [0.5, 0.6) is 0 Å². The molecule has 1 N–H and O–H groups in total. The van der Waals surface area contributed by atoms with Gasteiger partial charge in [-0.25, -0.2) is 4.68 Å². The monoisotopic (exact) mass is 314 g/mol. The van der Waals surface area contributed by atoms with Gasteiger partial charge in [0.1, 0.15) is 0 Å². The predicted octanol–water partition coefficient (Wildman–Crippen LogP) is 3.16. The lowest BCUT2D eigenvalue weighted by atomic mass is 10.3. The molecule has 5 nitrogen and oxygen atoms in total. The molecule has 0 saturated heterocycles. The van der Waals surface area contributed by atoms with E-state index in [4.69, 9.17) is 0 Å². The second-order valence-electron chi connectivity index (χ2n) is 5.93. The number of carbonyl (C=O) groups excluding carboxylic acids is 1. The minimum atomic E-state index is 0.00224. The molecule has 1 amide bonds. The summed E-state index contributed by atoms with van der Waals surface area (Å²) in [5.74, 6) is 0.00224. The van der Waals surface area contributed by atoms with Crippen LogP contribution in [0.15, 0.2) is 30.3 Å². The summed E-state index contributed by atoms with van der Waals surface area (Å²) in [6.07, 6.45) is 2.24. The van der Waals surface area contributed by atoms with E-state index in [0.717, 1.165) is 42.1 Å². The first-order valence-electron chi connectivity index (χ1n) is 8.13. The maximum atomic E-state index is 12.2. The summed E-state index contributed by atoms with van der Waals surface area (Å²) in [6, 6.07) is 9.94. The van der Waals surface area contributed by atoms with E-state index in [0.29, 0.717) is 6.54 Å². The van der Waals surface area contributed by atoms with E-state index in [1.165, 1.54) is 0 Å². The fraction of sp³-hybridized carbons (Fsp3) is 0.444. The van der Waals surface area contributed by atoms with Gasteiger partial charge in [0.15, 0.2) is 0 Å². The van der Waals surface area contributed by atoms with Gasteiger partial charge in [0.25, 0.3) is 0 Å². The molecule has 124 valence electrons. The van der Waals surface area contributed by atoms with Gasteiger partial charge in [0.05, 0.1) is 29.3 Å². The molecule has 2 rings (SSSR count). The zero-order valence-corrected chi connectivity index (χ0v) is 14.5. The van der Waals surface area contributed by atoms with Crippen LogP contribution >= 0.6 is 0 Å². The number of hydrogen-bond acceptors (Lipinski definition) is 3. The Balaban J connectivity index is 2.09. The predicted molar refractivity (Wildman–Crippen MR) is 94.1 cm³/mol. The molecular weight excluding hydrogens is 288 g/mol. The molecule has 0 saturated carbocycles. The smallest absolute Gasteiger partial charge is 0.238 e. The first-order valence-corrected chi connectivity index (χ1v) is 8.13.